The number of ether oxygens (including phenoxy) is 1. The van der Waals surface area contributed by atoms with E-state index in [1.165, 1.54) is 32.1 Å². The Morgan fingerprint density at radius 2 is 1.97 bits per heavy atom. The third-order valence-corrected chi connectivity index (χ3v) is 5.88. The summed E-state index contributed by atoms with van der Waals surface area (Å²) in [7, 11) is 0. The van der Waals surface area contributed by atoms with Crippen molar-refractivity contribution in [2.75, 3.05) is 32.5 Å². The van der Waals surface area contributed by atoms with Crippen LogP contribution in [0.3, 0.4) is 0 Å². The number of aliphatic imine (C=N–C) groups is 1. The first-order valence-electron chi connectivity index (χ1n) is 11.7. The van der Waals surface area contributed by atoms with Crippen LogP contribution in [-0.4, -0.2) is 59.3 Å². The van der Waals surface area contributed by atoms with Gasteiger partial charge in [0, 0.05) is 39.2 Å². The van der Waals surface area contributed by atoms with Crippen molar-refractivity contribution in [2.45, 2.75) is 89.9 Å². The van der Waals surface area contributed by atoms with E-state index >= 15 is 0 Å². The molecule has 0 saturated heterocycles. The quantitative estimate of drug-likeness (QED) is 0.120. The number of aromatic nitrogens is 3. The van der Waals surface area contributed by atoms with Crippen LogP contribution in [0.25, 0.3) is 0 Å². The average molecular weight is 567 g/mol. The molecular formula is C22H43IN6OS. The molecule has 2 rings (SSSR count). The number of thioether (sulfide) groups is 1. The van der Waals surface area contributed by atoms with E-state index in [0.29, 0.717) is 12.0 Å². The van der Waals surface area contributed by atoms with Gasteiger partial charge in [0.2, 0.25) is 0 Å². The molecule has 1 heterocycles. The highest BCUT2D eigenvalue weighted by molar-refractivity contribution is 14.0. The highest BCUT2D eigenvalue weighted by Crippen LogP contribution is 2.20. The lowest BCUT2D eigenvalue weighted by molar-refractivity contribution is 0.0277. The predicted molar refractivity (Wildman–Crippen MR) is 142 cm³/mol. The minimum atomic E-state index is 0. The van der Waals surface area contributed by atoms with Crippen LogP contribution in [0.2, 0.25) is 0 Å². The maximum absolute atomic E-state index is 6.00. The van der Waals surface area contributed by atoms with E-state index in [-0.39, 0.29) is 24.0 Å². The molecule has 1 aliphatic carbocycles. The number of nitrogens with zero attached hydrogens (tertiary/aromatic N) is 4. The molecule has 1 aromatic rings. The molecule has 0 aliphatic heterocycles. The smallest absolute Gasteiger partial charge is 0.191 e. The maximum atomic E-state index is 6.00. The van der Waals surface area contributed by atoms with Crippen molar-refractivity contribution in [2.24, 2.45) is 10.9 Å². The Balaban J connectivity index is 0.00000480. The van der Waals surface area contributed by atoms with Crippen molar-refractivity contribution in [3.05, 3.63) is 5.82 Å². The maximum Gasteiger partial charge on any atom is 0.191 e. The molecule has 0 radical (unpaired) electrons. The lowest BCUT2D eigenvalue weighted by atomic mass is 9.98. The molecule has 7 nitrogen and oxygen atoms in total. The fourth-order valence-corrected chi connectivity index (χ4v) is 4.26. The molecule has 1 aromatic heterocycles. The van der Waals surface area contributed by atoms with Crippen LogP contribution in [0.4, 0.5) is 0 Å². The van der Waals surface area contributed by atoms with E-state index in [1.54, 1.807) is 11.8 Å². The van der Waals surface area contributed by atoms with Crippen molar-refractivity contribution in [1.82, 2.24) is 25.4 Å². The van der Waals surface area contributed by atoms with Gasteiger partial charge in [-0.2, -0.15) is 0 Å². The van der Waals surface area contributed by atoms with E-state index < -0.39 is 0 Å². The highest BCUT2D eigenvalue weighted by atomic mass is 127. The first-order valence-corrected chi connectivity index (χ1v) is 13.0. The number of rotatable bonds is 13. The molecule has 1 fully saturated rings. The molecule has 0 atom stereocenters. The van der Waals surface area contributed by atoms with Crippen molar-refractivity contribution < 1.29 is 4.74 Å². The number of hydrogen-bond donors (Lipinski definition) is 2. The SMILES string of the molecule is CCNC(=NCCCc1nnc(SC)n1CC(C)C)NCCCOC1CCCCC1.I. The second-order valence-corrected chi connectivity index (χ2v) is 9.16. The molecule has 0 spiro atoms. The van der Waals surface area contributed by atoms with Crippen LogP contribution in [0.15, 0.2) is 10.1 Å². The second-order valence-electron chi connectivity index (χ2n) is 8.38. The summed E-state index contributed by atoms with van der Waals surface area (Å²) in [4.78, 5) is 4.72. The number of aryl methyl sites for hydroxylation is 1. The minimum absolute atomic E-state index is 0. The first-order chi connectivity index (χ1) is 14.6. The zero-order chi connectivity index (χ0) is 21.6. The topological polar surface area (TPSA) is 76.4 Å². The molecule has 180 valence electrons. The summed E-state index contributed by atoms with van der Waals surface area (Å²) < 4.78 is 8.26. The summed E-state index contributed by atoms with van der Waals surface area (Å²) in [6, 6.07) is 0. The molecule has 0 aromatic carbocycles. The predicted octanol–water partition coefficient (Wildman–Crippen LogP) is 4.50. The van der Waals surface area contributed by atoms with Crippen LogP contribution in [0.5, 0.6) is 0 Å². The van der Waals surface area contributed by atoms with E-state index in [2.05, 4.69) is 52.4 Å². The molecule has 1 saturated carbocycles. The molecule has 0 unspecified atom stereocenters. The minimum Gasteiger partial charge on any atom is -0.378 e. The zero-order valence-electron chi connectivity index (χ0n) is 19.9. The van der Waals surface area contributed by atoms with Crippen molar-refractivity contribution >= 4 is 41.7 Å². The fourth-order valence-electron chi connectivity index (χ4n) is 3.73. The summed E-state index contributed by atoms with van der Waals surface area (Å²) in [5.41, 5.74) is 0. The van der Waals surface area contributed by atoms with E-state index in [0.717, 1.165) is 69.0 Å². The molecule has 1 aliphatic rings. The standard InChI is InChI=1S/C22H42N6OS.HI/c1-5-23-21(25-15-10-16-29-19-11-7-6-8-12-19)24-14-9-13-20-26-27-22(30-4)28(20)17-18(2)3;/h18-19H,5-17H2,1-4H3,(H2,23,24,25);1H. The van der Waals surface area contributed by atoms with Gasteiger partial charge in [0.1, 0.15) is 5.82 Å². The van der Waals surface area contributed by atoms with Crippen LogP contribution in [-0.2, 0) is 17.7 Å². The Kier molecular flexibility index (Phi) is 15.6. The molecule has 9 heteroatoms. The molecule has 31 heavy (non-hydrogen) atoms. The molecule has 2 N–H and O–H groups in total. The molecule has 0 bridgehead atoms. The lowest BCUT2D eigenvalue weighted by Gasteiger charge is -2.22. The number of nitrogens with one attached hydrogen (secondary N) is 2. The highest BCUT2D eigenvalue weighted by Gasteiger charge is 2.13. The van der Waals surface area contributed by atoms with Gasteiger partial charge in [-0.1, -0.05) is 44.9 Å². The Morgan fingerprint density at radius 1 is 1.19 bits per heavy atom. The van der Waals surface area contributed by atoms with Gasteiger partial charge in [0.25, 0.3) is 0 Å². The largest absolute Gasteiger partial charge is 0.378 e. The van der Waals surface area contributed by atoms with Gasteiger partial charge in [-0.3, -0.25) is 4.99 Å². The van der Waals surface area contributed by atoms with Gasteiger partial charge in [-0.25, -0.2) is 0 Å². The van der Waals surface area contributed by atoms with Crippen LogP contribution in [0.1, 0.15) is 71.5 Å². The van der Waals surface area contributed by atoms with E-state index in [4.69, 9.17) is 9.73 Å². The third-order valence-electron chi connectivity index (χ3n) is 5.22. The van der Waals surface area contributed by atoms with Crippen LogP contribution in [0, 0.1) is 5.92 Å². The first kappa shape index (κ1) is 28.5. The van der Waals surface area contributed by atoms with Gasteiger partial charge < -0.3 is 19.9 Å². The number of hydrogen-bond acceptors (Lipinski definition) is 5. The van der Waals surface area contributed by atoms with E-state index in [9.17, 15) is 0 Å². The summed E-state index contributed by atoms with van der Waals surface area (Å²) in [5.74, 6) is 2.54. The van der Waals surface area contributed by atoms with Crippen LogP contribution < -0.4 is 10.6 Å². The van der Waals surface area contributed by atoms with Gasteiger partial charge in [0.05, 0.1) is 6.10 Å². The van der Waals surface area contributed by atoms with Crippen LogP contribution >= 0.6 is 35.7 Å². The van der Waals surface area contributed by atoms with Gasteiger partial charge in [-0.15, -0.1) is 34.2 Å². The Bertz CT molecular complexity index is 619. The van der Waals surface area contributed by atoms with Crippen molar-refractivity contribution in [1.29, 1.82) is 0 Å². The third kappa shape index (κ3) is 11.2. The van der Waals surface area contributed by atoms with Crippen molar-refractivity contribution in [3.63, 3.8) is 0 Å². The summed E-state index contributed by atoms with van der Waals surface area (Å²) in [6.07, 6.45) is 11.9. The van der Waals surface area contributed by atoms with Gasteiger partial charge in [0.15, 0.2) is 11.1 Å². The Labute approximate surface area is 210 Å². The summed E-state index contributed by atoms with van der Waals surface area (Å²) in [6.45, 7) is 10.9. The number of halogens is 1. The Morgan fingerprint density at radius 3 is 2.65 bits per heavy atom. The van der Waals surface area contributed by atoms with Crippen molar-refractivity contribution in [3.8, 4) is 0 Å². The second kappa shape index (κ2) is 17.0. The summed E-state index contributed by atoms with van der Waals surface area (Å²) in [5, 5.41) is 16.5. The summed E-state index contributed by atoms with van der Waals surface area (Å²) >= 11 is 1.66. The Hall–Kier alpha value is -0.550. The van der Waals surface area contributed by atoms with Gasteiger partial charge in [-0.05, 0) is 44.8 Å². The number of guanidine groups is 1. The fraction of sp³-hybridized carbons (Fsp3) is 0.864. The monoisotopic (exact) mass is 566 g/mol. The van der Waals surface area contributed by atoms with E-state index in [1.807, 2.05) is 0 Å². The molecular weight excluding hydrogens is 523 g/mol. The molecule has 0 amide bonds. The normalized spacial score (nSPS) is 15.2. The lowest BCUT2D eigenvalue weighted by Crippen LogP contribution is -2.38. The van der Waals surface area contributed by atoms with Gasteiger partial charge >= 0.3 is 0 Å². The zero-order valence-corrected chi connectivity index (χ0v) is 23.0. The average Bonchev–Trinajstić information content (AvgIpc) is 3.12.